The molecule has 1 heterocycles. The van der Waals surface area contributed by atoms with E-state index in [9.17, 15) is 14.3 Å². The number of allylic oxidation sites excluding steroid dienone is 1. The summed E-state index contributed by atoms with van der Waals surface area (Å²) >= 11 is 0. The van der Waals surface area contributed by atoms with E-state index in [-0.39, 0.29) is 28.9 Å². The molecular weight excluding hydrogens is 339 g/mol. The van der Waals surface area contributed by atoms with Crippen LogP contribution >= 0.6 is 0 Å². The Balaban J connectivity index is 1.94. The van der Waals surface area contributed by atoms with Crippen molar-refractivity contribution in [2.24, 2.45) is 0 Å². The average molecular weight is 360 g/mol. The number of aromatic carboxylic acids is 1. The van der Waals surface area contributed by atoms with E-state index in [0.29, 0.717) is 5.56 Å². The maximum atomic E-state index is 13.6. The lowest BCUT2D eigenvalue weighted by molar-refractivity contribution is 0.0698. The van der Waals surface area contributed by atoms with Crippen molar-refractivity contribution in [1.82, 2.24) is 5.16 Å². The van der Waals surface area contributed by atoms with Gasteiger partial charge in [0.25, 0.3) is 0 Å². The zero-order valence-electron chi connectivity index (χ0n) is 14.7. The molecule has 0 saturated heterocycles. The van der Waals surface area contributed by atoms with Crippen LogP contribution in [-0.4, -0.2) is 29.4 Å². The van der Waals surface area contributed by atoms with Crippen molar-refractivity contribution >= 4 is 11.8 Å². The predicted octanol–water partition coefficient (Wildman–Crippen LogP) is 4.49. The summed E-state index contributed by atoms with van der Waals surface area (Å²) in [5, 5.41) is 16.7. The number of anilines is 1. The van der Waals surface area contributed by atoms with Crippen LogP contribution in [0.4, 0.5) is 10.2 Å². The van der Waals surface area contributed by atoms with E-state index in [2.05, 4.69) is 16.5 Å². The number of aromatic nitrogens is 1. The SMILES string of the molecule is COc1cc(-c2onc(NC(C)C3=CCCCC3)c2C(=O)O)ccc1F. The second-order valence-electron chi connectivity index (χ2n) is 6.28. The Labute approximate surface area is 150 Å². The molecule has 138 valence electrons. The molecule has 1 aliphatic carbocycles. The lowest BCUT2D eigenvalue weighted by Gasteiger charge is -2.20. The predicted molar refractivity (Wildman–Crippen MR) is 95.0 cm³/mol. The molecule has 1 aromatic heterocycles. The number of carbonyl (C=O) groups is 1. The highest BCUT2D eigenvalue weighted by atomic mass is 19.1. The monoisotopic (exact) mass is 360 g/mol. The molecular formula is C19H21FN2O4. The van der Waals surface area contributed by atoms with Gasteiger partial charge in [0.05, 0.1) is 7.11 Å². The second-order valence-corrected chi connectivity index (χ2v) is 6.28. The number of benzene rings is 1. The fourth-order valence-electron chi connectivity index (χ4n) is 3.14. The molecule has 1 aliphatic rings. The minimum Gasteiger partial charge on any atom is -0.494 e. The van der Waals surface area contributed by atoms with Crippen LogP contribution in [0.2, 0.25) is 0 Å². The van der Waals surface area contributed by atoms with Crippen LogP contribution in [-0.2, 0) is 0 Å². The van der Waals surface area contributed by atoms with E-state index in [1.165, 1.54) is 37.3 Å². The quantitative estimate of drug-likeness (QED) is 0.739. The topological polar surface area (TPSA) is 84.6 Å². The first kappa shape index (κ1) is 18.0. The zero-order chi connectivity index (χ0) is 18.7. The lowest BCUT2D eigenvalue weighted by Crippen LogP contribution is -2.21. The van der Waals surface area contributed by atoms with Gasteiger partial charge in [0.1, 0.15) is 0 Å². The molecule has 0 bridgehead atoms. The second kappa shape index (κ2) is 7.59. The Morgan fingerprint density at radius 2 is 2.23 bits per heavy atom. The van der Waals surface area contributed by atoms with Gasteiger partial charge in [-0.05, 0) is 50.8 Å². The van der Waals surface area contributed by atoms with Crippen molar-refractivity contribution < 1.29 is 23.6 Å². The van der Waals surface area contributed by atoms with Gasteiger partial charge in [-0.25, -0.2) is 9.18 Å². The minimum atomic E-state index is -1.17. The molecule has 3 rings (SSSR count). The van der Waals surface area contributed by atoms with Crippen molar-refractivity contribution in [2.75, 3.05) is 12.4 Å². The third kappa shape index (κ3) is 3.56. The summed E-state index contributed by atoms with van der Waals surface area (Å²) in [6, 6.07) is 3.97. The summed E-state index contributed by atoms with van der Waals surface area (Å²) < 4.78 is 23.9. The molecule has 0 amide bonds. The Hall–Kier alpha value is -2.83. The number of nitrogens with zero attached hydrogens (tertiary/aromatic N) is 1. The Bertz CT molecular complexity index is 844. The van der Waals surface area contributed by atoms with E-state index >= 15 is 0 Å². The first-order chi connectivity index (χ1) is 12.5. The van der Waals surface area contributed by atoms with Gasteiger partial charge >= 0.3 is 5.97 Å². The fraction of sp³-hybridized carbons (Fsp3) is 0.368. The Kier molecular flexibility index (Phi) is 5.25. The number of hydrogen-bond acceptors (Lipinski definition) is 5. The number of hydrogen-bond donors (Lipinski definition) is 2. The van der Waals surface area contributed by atoms with E-state index in [1.54, 1.807) is 0 Å². The third-order valence-electron chi connectivity index (χ3n) is 4.55. The molecule has 2 aromatic rings. The summed E-state index contributed by atoms with van der Waals surface area (Å²) in [5.74, 6) is -1.48. The van der Waals surface area contributed by atoms with Crippen LogP contribution in [0.15, 0.2) is 34.4 Å². The first-order valence-corrected chi connectivity index (χ1v) is 8.53. The van der Waals surface area contributed by atoms with Gasteiger partial charge in [0.2, 0.25) is 0 Å². The minimum absolute atomic E-state index is 0.00507. The van der Waals surface area contributed by atoms with E-state index in [4.69, 9.17) is 9.26 Å². The number of rotatable bonds is 6. The lowest BCUT2D eigenvalue weighted by atomic mass is 9.94. The van der Waals surface area contributed by atoms with E-state index in [0.717, 1.165) is 19.3 Å². The van der Waals surface area contributed by atoms with Gasteiger partial charge in [-0.1, -0.05) is 16.8 Å². The smallest absolute Gasteiger partial charge is 0.343 e. The van der Waals surface area contributed by atoms with Gasteiger partial charge in [-0.3, -0.25) is 0 Å². The molecule has 0 fully saturated rings. The van der Waals surface area contributed by atoms with Crippen LogP contribution in [0, 0.1) is 5.82 Å². The van der Waals surface area contributed by atoms with Crippen LogP contribution in [0.1, 0.15) is 43.0 Å². The zero-order valence-corrected chi connectivity index (χ0v) is 14.7. The summed E-state index contributed by atoms with van der Waals surface area (Å²) in [7, 11) is 1.34. The van der Waals surface area contributed by atoms with Crippen LogP contribution in [0.25, 0.3) is 11.3 Å². The van der Waals surface area contributed by atoms with Gasteiger partial charge < -0.3 is 19.7 Å². The fourth-order valence-corrected chi connectivity index (χ4v) is 3.14. The standard InChI is InChI=1S/C19H21FN2O4/c1-11(12-6-4-3-5-7-12)21-18-16(19(23)24)17(26-22-18)13-8-9-14(20)15(10-13)25-2/h6,8-11H,3-5,7H2,1-2H3,(H,21,22)(H,23,24). The van der Waals surface area contributed by atoms with Crippen molar-refractivity contribution in [3.8, 4) is 17.1 Å². The molecule has 6 nitrogen and oxygen atoms in total. The summed E-state index contributed by atoms with van der Waals surface area (Å²) in [5.41, 5.74) is 1.54. The molecule has 0 radical (unpaired) electrons. The number of ether oxygens (including phenoxy) is 1. The summed E-state index contributed by atoms with van der Waals surface area (Å²) in [6.45, 7) is 1.97. The molecule has 1 aromatic carbocycles. The van der Waals surface area contributed by atoms with Crippen molar-refractivity contribution in [2.45, 2.75) is 38.6 Å². The number of halogens is 1. The van der Waals surface area contributed by atoms with Gasteiger partial charge in [0, 0.05) is 11.6 Å². The number of carboxylic acids is 1. The largest absolute Gasteiger partial charge is 0.494 e. The molecule has 0 aliphatic heterocycles. The highest BCUT2D eigenvalue weighted by Crippen LogP contribution is 2.33. The van der Waals surface area contributed by atoms with Crippen LogP contribution in [0.5, 0.6) is 5.75 Å². The highest BCUT2D eigenvalue weighted by molar-refractivity contribution is 5.99. The first-order valence-electron chi connectivity index (χ1n) is 8.53. The number of carboxylic acid groups (broad SMARTS) is 1. The van der Waals surface area contributed by atoms with Crippen LogP contribution < -0.4 is 10.1 Å². The van der Waals surface area contributed by atoms with Crippen LogP contribution in [0.3, 0.4) is 0 Å². The Morgan fingerprint density at radius 1 is 1.42 bits per heavy atom. The van der Waals surface area contributed by atoms with Gasteiger partial charge in [0.15, 0.2) is 28.7 Å². The van der Waals surface area contributed by atoms with Gasteiger partial charge in [-0.2, -0.15) is 0 Å². The number of nitrogens with one attached hydrogen (secondary N) is 1. The molecule has 0 spiro atoms. The maximum Gasteiger partial charge on any atom is 0.343 e. The number of methoxy groups -OCH3 is 1. The molecule has 1 unspecified atom stereocenters. The third-order valence-corrected chi connectivity index (χ3v) is 4.55. The maximum absolute atomic E-state index is 13.6. The highest BCUT2D eigenvalue weighted by Gasteiger charge is 2.26. The average Bonchev–Trinajstić information content (AvgIpc) is 3.06. The molecule has 7 heteroatoms. The molecule has 2 N–H and O–H groups in total. The van der Waals surface area contributed by atoms with Crippen molar-refractivity contribution in [3.05, 3.63) is 41.2 Å². The summed E-state index contributed by atoms with van der Waals surface area (Å²) in [4.78, 5) is 11.8. The van der Waals surface area contributed by atoms with Gasteiger partial charge in [-0.15, -0.1) is 0 Å². The normalized spacial score (nSPS) is 15.3. The molecule has 26 heavy (non-hydrogen) atoms. The Morgan fingerprint density at radius 3 is 2.88 bits per heavy atom. The van der Waals surface area contributed by atoms with Crippen molar-refractivity contribution in [1.29, 1.82) is 0 Å². The van der Waals surface area contributed by atoms with Crippen molar-refractivity contribution in [3.63, 3.8) is 0 Å². The summed E-state index contributed by atoms with van der Waals surface area (Å²) in [6.07, 6.45) is 6.51. The van der Waals surface area contributed by atoms with E-state index < -0.39 is 11.8 Å². The van der Waals surface area contributed by atoms with E-state index in [1.807, 2.05) is 6.92 Å². The molecule has 1 atom stereocenters. The molecule has 0 saturated carbocycles.